The molecule has 0 aromatic heterocycles. The van der Waals surface area contributed by atoms with Crippen molar-refractivity contribution in [3.8, 4) is 5.75 Å². The zero-order chi connectivity index (χ0) is 15.0. The van der Waals surface area contributed by atoms with Crippen molar-refractivity contribution in [2.75, 3.05) is 14.1 Å². The summed E-state index contributed by atoms with van der Waals surface area (Å²) in [5.74, 6) is 0.491. The minimum atomic E-state index is 0.180. The molecule has 0 spiro atoms. The van der Waals surface area contributed by atoms with Crippen molar-refractivity contribution in [2.45, 2.75) is 24.8 Å². The van der Waals surface area contributed by atoms with Crippen LogP contribution in [-0.2, 0) is 6.42 Å². The highest BCUT2D eigenvalue weighted by atomic mass is 35.5. The Balaban J connectivity index is 2.10. The highest BCUT2D eigenvalue weighted by molar-refractivity contribution is 6.32. The Morgan fingerprint density at radius 1 is 1.14 bits per heavy atom. The first-order chi connectivity index (χ1) is 10.1. The summed E-state index contributed by atoms with van der Waals surface area (Å²) in [5.41, 5.74) is 3.75. The monoisotopic (exact) mass is 301 g/mol. The number of aromatic hydroxyl groups is 1. The number of likely N-dealkylation sites (N-methyl/N-ethyl adjacent to an activating group) is 1. The second-order valence-electron chi connectivity index (χ2n) is 6.02. The van der Waals surface area contributed by atoms with Crippen LogP contribution in [0.15, 0.2) is 42.5 Å². The van der Waals surface area contributed by atoms with Crippen LogP contribution in [0.3, 0.4) is 0 Å². The average Bonchev–Trinajstić information content (AvgIpc) is 2.48. The van der Waals surface area contributed by atoms with Crippen molar-refractivity contribution in [3.63, 3.8) is 0 Å². The number of hydrogen-bond acceptors (Lipinski definition) is 2. The molecule has 2 atom stereocenters. The van der Waals surface area contributed by atoms with Crippen LogP contribution >= 0.6 is 11.6 Å². The molecule has 0 amide bonds. The van der Waals surface area contributed by atoms with Crippen LogP contribution < -0.4 is 0 Å². The van der Waals surface area contributed by atoms with Gasteiger partial charge in [0.2, 0.25) is 0 Å². The van der Waals surface area contributed by atoms with E-state index in [2.05, 4.69) is 43.3 Å². The number of fused-ring (bicyclic) bond motifs is 1. The number of rotatable bonds is 2. The van der Waals surface area contributed by atoms with Gasteiger partial charge in [0.15, 0.2) is 0 Å². The molecule has 0 saturated heterocycles. The van der Waals surface area contributed by atoms with Gasteiger partial charge in [-0.05, 0) is 55.8 Å². The Morgan fingerprint density at radius 2 is 1.86 bits per heavy atom. The number of hydrogen-bond donors (Lipinski definition) is 1. The zero-order valence-electron chi connectivity index (χ0n) is 12.4. The number of phenols is 1. The lowest BCUT2D eigenvalue weighted by Crippen LogP contribution is -2.35. The van der Waals surface area contributed by atoms with Gasteiger partial charge in [-0.15, -0.1) is 0 Å². The second-order valence-corrected chi connectivity index (χ2v) is 6.43. The van der Waals surface area contributed by atoms with Gasteiger partial charge in [0, 0.05) is 12.0 Å². The molecule has 0 aliphatic heterocycles. The van der Waals surface area contributed by atoms with Gasteiger partial charge in [0.1, 0.15) is 5.75 Å². The summed E-state index contributed by atoms with van der Waals surface area (Å²) >= 11 is 6.10. The largest absolute Gasteiger partial charge is 0.506 e. The van der Waals surface area contributed by atoms with Gasteiger partial charge < -0.3 is 10.0 Å². The molecule has 3 heteroatoms. The Morgan fingerprint density at radius 3 is 2.52 bits per heavy atom. The van der Waals surface area contributed by atoms with E-state index < -0.39 is 0 Å². The molecule has 0 radical (unpaired) electrons. The molecular formula is C18H20ClNO. The molecule has 2 nitrogen and oxygen atoms in total. The summed E-state index contributed by atoms with van der Waals surface area (Å²) in [6, 6.07) is 14.8. The van der Waals surface area contributed by atoms with Crippen LogP contribution in [0.4, 0.5) is 0 Å². The van der Waals surface area contributed by atoms with Crippen LogP contribution in [0, 0.1) is 0 Å². The Hall–Kier alpha value is -1.51. The maximum absolute atomic E-state index is 9.97. The van der Waals surface area contributed by atoms with Crippen molar-refractivity contribution in [1.82, 2.24) is 4.90 Å². The van der Waals surface area contributed by atoms with Gasteiger partial charge in [-0.25, -0.2) is 0 Å². The molecule has 0 fully saturated rings. The molecule has 110 valence electrons. The predicted octanol–water partition coefficient (Wildman–Crippen LogP) is 4.05. The molecule has 1 aliphatic carbocycles. The van der Waals surface area contributed by atoms with E-state index in [1.165, 1.54) is 16.7 Å². The molecule has 3 rings (SSSR count). The fraction of sp³-hybridized carbons (Fsp3) is 0.333. The predicted molar refractivity (Wildman–Crippen MR) is 87.2 cm³/mol. The zero-order valence-corrected chi connectivity index (χ0v) is 13.1. The summed E-state index contributed by atoms with van der Waals surface area (Å²) < 4.78 is 0. The van der Waals surface area contributed by atoms with E-state index in [-0.39, 0.29) is 5.75 Å². The van der Waals surface area contributed by atoms with E-state index >= 15 is 0 Å². The summed E-state index contributed by atoms with van der Waals surface area (Å²) in [4.78, 5) is 2.28. The average molecular weight is 302 g/mol. The molecule has 2 aromatic rings. The lowest BCUT2D eigenvalue weighted by atomic mass is 9.76. The van der Waals surface area contributed by atoms with Crippen LogP contribution in [-0.4, -0.2) is 30.1 Å². The van der Waals surface area contributed by atoms with E-state index in [4.69, 9.17) is 11.6 Å². The third-order valence-electron chi connectivity index (χ3n) is 4.48. The number of benzene rings is 2. The van der Waals surface area contributed by atoms with Gasteiger partial charge in [-0.3, -0.25) is 0 Å². The van der Waals surface area contributed by atoms with E-state index in [9.17, 15) is 5.11 Å². The fourth-order valence-electron chi connectivity index (χ4n) is 3.25. The molecule has 0 saturated carbocycles. The first kappa shape index (κ1) is 14.4. The topological polar surface area (TPSA) is 23.5 Å². The van der Waals surface area contributed by atoms with E-state index in [0.29, 0.717) is 17.0 Å². The third kappa shape index (κ3) is 2.78. The maximum atomic E-state index is 9.97. The summed E-state index contributed by atoms with van der Waals surface area (Å²) in [5, 5.41) is 10.4. The quantitative estimate of drug-likeness (QED) is 0.904. The van der Waals surface area contributed by atoms with Crippen molar-refractivity contribution in [3.05, 3.63) is 64.2 Å². The first-order valence-electron chi connectivity index (χ1n) is 7.29. The van der Waals surface area contributed by atoms with Crippen molar-refractivity contribution >= 4 is 11.6 Å². The first-order valence-corrected chi connectivity index (χ1v) is 7.66. The highest BCUT2D eigenvalue weighted by Gasteiger charge is 2.30. The molecule has 0 bridgehead atoms. The van der Waals surface area contributed by atoms with Crippen LogP contribution in [0.5, 0.6) is 5.75 Å². The normalized spacial score (nSPS) is 21.3. The van der Waals surface area contributed by atoms with Crippen LogP contribution in [0.1, 0.15) is 29.0 Å². The second kappa shape index (κ2) is 5.70. The lowest BCUT2D eigenvalue weighted by molar-refractivity contribution is 0.258. The molecular weight excluding hydrogens is 282 g/mol. The van der Waals surface area contributed by atoms with Gasteiger partial charge in [-0.1, -0.05) is 41.9 Å². The summed E-state index contributed by atoms with van der Waals surface area (Å²) in [7, 11) is 4.25. The Kier molecular flexibility index (Phi) is 3.92. The van der Waals surface area contributed by atoms with E-state index in [1.807, 2.05) is 18.2 Å². The summed E-state index contributed by atoms with van der Waals surface area (Å²) in [6.45, 7) is 0. The Bertz CT molecular complexity index is 639. The number of halogens is 1. The lowest BCUT2D eigenvalue weighted by Gasteiger charge is -2.35. The van der Waals surface area contributed by atoms with E-state index in [1.54, 1.807) is 0 Å². The van der Waals surface area contributed by atoms with E-state index in [0.717, 1.165) is 12.8 Å². The standard InChI is InChI=1S/C18H20ClNO/c1-20(2)14-8-13-9-17(19)18(21)11-16(13)15(10-14)12-6-4-3-5-7-12/h3-7,9,11,14-15,21H,8,10H2,1-2H3/t14-,15+/m1/s1. The fourth-order valence-corrected chi connectivity index (χ4v) is 3.44. The van der Waals surface area contributed by atoms with Gasteiger partial charge in [0.25, 0.3) is 0 Å². The maximum Gasteiger partial charge on any atom is 0.134 e. The molecule has 0 heterocycles. The molecule has 21 heavy (non-hydrogen) atoms. The van der Waals surface area contributed by atoms with Crippen LogP contribution in [0.2, 0.25) is 5.02 Å². The minimum absolute atomic E-state index is 0.180. The highest BCUT2D eigenvalue weighted by Crippen LogP contribution is 2.41. The number of nitrogens with zero attached hydrogens (tertiary/aromatic N) is 1. The van der Waals surface area contributed by atoms with Gasteiger partial charge >= 0.3 is 0 Å². The minimum Gasteiger partial charge on any atom is -0.506 e. The van der Waals surface area contributed by atoms with Crippen LogP contribution in [0.25, 0.3) is 0 Å². The van der Waals surface area contributed by atoms with Crippen molar-refractivity contribution < 1.29 is 5.11 Å². The molecule has 1 aliphatic rings. The summed E-state index contributed by atoms with van der Waals surface area (Å²) in [6.07, 6.45) is 2.04. The van der Waals surface area contributed by atoms with Gasteiger partial charge in [0.05, 0.1) is 5.02 Å². The Labute approximate surface area is 131 Å². The third-order valence-corrected chi connectivity index (χ3v) is 4.78. The van der Waals surface area contributed by atoms with Gasteiger partial charge in [-0.2, -0.15) is 0 Å². The molecule has 0 unspecified atom stereocenters. The number of phenolic OH excluding ortho intramolecular Hbond substituents is 1. The SMILES string of the molecule is CN(C)[C@@H]1Cc2cc(Cl)c(O)cc2[C@H](c2ccccc2)C1. The smallest absolute Gasteiger partial charge is 0.134 e. The van der Waals surface area contributed by atoms with Crippen molar-refractivity contribution in [2.24, 2.45) is 0 Å². The molecule has 2 aromatic carbocycles. The molecule has 1 N–H and O–H groups in total. The van der Waals surface area contributed by atoms with Crippen molar-refractivity contribution in [1.29, 1.82) is 0 Å².